The highest BCUT2D eigenvalue weighted by molar-refractivity contribution is 7.92. The molecule has 1 unspecified atom stereocenters. The molecule has 0 saturated carbocycles. The average molecular weight is 466 g/mol. The Bertz CT molecular complexity index is 916. The third-order valence-corrected chi connectivity index (χ3v) is 4.88. The number of hydrogen-bond donors (Lipinski definition) is 0. The fourth-order valence-electron chi connectivity index (χ4n) is 2.09. The molecule has 0 fully saturated rings. The lowest BCUT2D eigenvalue weighted by molar-refractivity contribution is -0.137. The van der Waals surface area contributed by atoms with Gasteiger partial charge in [-0.1, -0.05) is 23.2 Å². The molecule has 0 bridgehead atoms. The molecule has 1 atom stereocenters. The highest BCUT2D eigenvalue weighted by Gasteiger charge is 2.51. The summed E-state index contributed by atoms with van der Waals surface area (Å²) in [5.74, 6) is -0.779. The van der Waals surface area contributed by atoms with Gasteiger partial charge >= 0.3 is 11.7 Å². The zero-order valence-electron chi connectivity index (χ0n) is 13.5. The van der Waals surface area contributed by atoms with Gasteiger partial charge in [0.15, 0.2) is 0 Å². The van der Waals surface area contributed by atoms with Crippen LogP contribution in [-0.4, -0.2) is 26.4 Å². The second kappa shape index (κ2) is 7.90. The molecule has 2 rings (SSSR count). The number of alkyl halides is 6. The maximum atomic E-state index is 12.9. The smallest absolute Gasteiger partial charge is 0.578 e. The zero-order chi connectivity index (χ0) is 21.4. The van der Waals surface area contributed by atoms with E-state index < -0.39 is 60.6 Å². The Kier molecular flexibility index (Phi) is 6.34. The van der Waals surface area contributed by atoms with Crippen molar-refractivity contribution in [2.75, 3.05) is 6.61 Å². The minimum Gasteiger partial charge on any atom is -0.604 e. The van der Waals surface area contributed by atoms with Crippen LogP contribution >= 0.6 is 23.2 Å². The van der Waals surface area contributed by atoms with E-state index in [9.17, 15) is 30.9 Å². The number of hydrogen-bond acceptors (Lipinski definition) is 4. The largest absolute Gasteiger partial charge is 0.604 e. The SMILES string of the molecule is CCOc1c([S+]([O-])C(F)(F)F)c(C#N)nn1-c1c(Cl)cc(C(F)(F)F)cc1Cl. The molecule has 0 radical (unpaired) electrons. The normalized spacial score (nSPS) is 13.3. The van der Waals surface area contributed by atoms with Crippen LogP contribution in [0.4, 0.5) is 26.3 Å². The minimum atomic E-state index is -5.25. The second-order valence-corrected chi connectivity index (χ2v) is 7.16. The van der Waals surface area contributed by atoms with Crippen molar-refractivity contribution in [2.45, 2.75) is 23.5 Å². The summed E-state index contributed by atoms with van der Waals surface area (Å²) in [5, 5.41) is 11.4. The molecule has 1 aromatic heterocycles. The third-order valence-electron chi connectivity index (χ3n) is 3.14. The molecule has 5 nitrogen and oxygen atoms in total. The van der Waals surface area contributed by atoms with Crippen LogP contribution < -0.4 is 4.74 Å². The highest BCUT2D eigenvalue weighted by Crippen LogP contribution is 2.42. The van der Waals surface area contributed by atoms with Gasteiger partial charge in [0.2, 0.25) is 5.69 Å². The predicted octanol–water partition coefficient (Wildman–Crippen LogP) is 5.10. The van der Waals surface area contributed by atoms with Crippen LogP contribution in [0.5, 0.6) is 5.88 Å². The summed E-state index contributed by atoms with van der Waals surface area (Å²) in [4.78, 5) is -1.09. The molecule has 0 amide bonds. The Morgan fingerprint density at radius 1 is 1.21 bits per heavy atom. The molecule has 14 heteroatoms. The van der Waals surface area contributed by atoms with Gasteiger partial charge < -0.3 is 9.29 Å². The number of rotatable bonds is 4. The molecule has 0 aliphatic heterocycles. The van der Waals surface area contributed by atoms with Crippen LogP contribution in [0.25, 0.3) is 5.69 Å². The average Bonchev–Trinajstić information content (AvgIpc) is 2.90. The van der Waals surface area contributed by atoms with Crippen molar-refractivity contribution in [3.63, 3.8) is 0 Å². The highest BCUT2D eigenvalue weighted by atomic mass is 35.5. The van der Waals surface area contributed by atoms with Gasteiger partial charge in [0.25, 0.3) is 10.8 Å². The number of benzene rings is 1. The van der Waals surface area contributed by atoms with E-state index in [0.717, 1.165) is 0 Å². The van der Waals surface area contributed by atoms with Crippen LogP contribution in [0.15, 0.2) is 17.0 Å². The molecular formula is C14H7Cl2F6N3O2S. The van der Waals surface area contributed by atoms with Gasteiger partial charge in [-0.25, -0.2) is 0 Å². The quantitative estimate of drug-likeness (QED) is 0.465. The first-order valence-electron chi connectivity index (χ1n) is 7.04. The summed E-state index contributed by atoms with van der Waals surface area (Å²) >= 11 is 7.97. The Labute approximate surface area is 166 Å². The van der Waals surface area contributed by atoms with Crippen molar-refractivity contribution < 1.29 is 35.6 Å². The first-order chi connectivity index (χ1) is 12.8. The molecule has 0 aliphatic carbocycles. The van der Waals surface area contributed by atoms with E-state index in [2.05, 4.69) is 5.10 Å². The van der Waals surface area contributed by atoms with Crippen LogP contribution in [-0.2, 0) is 17.4 Å². The Morgan fingerprint density at radius 2 is 1.75 bits per heavy atom. The number of nitrogens with zero attached hydrogens (tertiary/aromatic N) is 3. The van der Waals surface area contributed by atoms with E-state index in [1.165, 1.54) is 13.0 Å². The van der Waals surface area contributed by atoms with Crippen LogP contribution in [0.2, 0.25) is 10.0 Å². The molecule has 0 aliphatic rings. The van der Waals surface area contributed by atoms with Gasteiger partial charge in [0, 0.05) is 0 Å². The van der Waals surface area contributed by atoms with Gasteiger partial charge in [-0.3, -0.25) is 0 Å². The molecule has 0 spiro atoms. The lowest BCUT2D eigenvalue weighted by Gasteiger charge is -2.15. The number of halogens is 8. The lowest BCUT2D eigenvalue weighted by Crippen LogP contribution is -2.24. The Hall–Kier alpha value is -1.81. The van der Waals surface area contributed by atoms with Crippen LogP contribution in [0, 0.1) is 11.3 Å². The summed E-state index contributed by atoms with van der Waals surface area (Å²) in [6, 6.07) is 2.30. The predicted molar refractivity (Wildman–Crippen MR) is 86.9 cm³/mol. The third kappa shape index (κ3) is 4.27. The molecule has 0 N–H and O–H groups in total. The molecule has 2 aromatic rings. The van der Waals surface area contributed by atoms with E-state index in [4.69, 9.17) is 33.2 Å². The monoisotopic (exact) mass is 465 g/mol. The van der Waals surface area contributed by atoms with E-state index >= 15 is 0 Å². The summed E-state index contributed by atoms with van der Waals surface area (Å²) in [6.07, 6.45) is -4.79. The van der Waals surface area contributed by atoms with Gasteiger partial charge in [0.05, 0.1) is 22.2 Å². The maximum absolute atomic E-state index is 12.9. The number of ether oxygens (including phenoxy) is 1. The molecule has 1 aromatic carbocycles. The summed E-state index contributed by atoms with van der Waals surface area (Å²) in [6.45, 7) is 1.13. The fraction of sp³-hybridized carbons (Fsp3) is 0.286. The Balaban J connectivity index is 2.81. The maximum Gasteiger partial charge on any atom is 0.578 e. The van der Waals surface area contributed by atoms with Crippen molar-refractivity contribution in [2.24, 2.45) is 0 Å². The summed E-state index contributed by atoms with van der Waals surface area (Å²) in [7, 11) is 0. The first-order valence-corrected chi connectivity index (χ1v) is 8.94. The van der Waals surface area contributed by atoms with E-state index in [-0.39, 0.29) is 6.61 Å². The molecule has 152 valence electrons. The van der Waals surface area contributed by atoms with Crippen molar-refractivity contribution in [3.05, 3.63) is 33.4 Å². The van der Waals surface area contributed by atoms with E-state index in [1.54, 1.807) is 0 Å². The van der Waals surface area contributed by atoms with Gasteiger partial charge in [-0.15, -0.1) is 18.3 Å². The van der Waals surface area contributed by atoms with Gasteiger partial charge in [-0.05, 0) is 19.1 Å². The summed E-state index contributed by atoms with van der Waals surface area (Å²) < 4.78 is 94.8. The second-order valence-electron chi connectivity index (χ2n) is 4.94. The first kappa shape index (κ1) is 22.5. The topological polar surface area (TPSA) is 73.9 Å². The van der Waals surface area contributed by atoms with Crippen LogP contribution in [0.3, 0.4) is 0 Å². The molecule has 28 heavy (non-hydrogen) atoms. The summed E-state index contributed by atoms with van der Waals surface area (Å²) in [5.41, 5.74) is -7.84. The van der Waals surface area contributed by atoms with Gasteiger partial charge in [0.1, 0.15) is 22.9 Å². The van der Waals surface area contributed by atoms with E-state index in [0.29, 0.717) is 16.8 Å². The minimum absolute atomic E-state index is 0.242. The number of aromatic nitrogens is 2. The fourth-order valence-corrected chi connectivity index (χ4v) is 3.54. The van der Waals surface area contributed by atoms with E-state index in [1.807, 2.05) is 0 Å². The van der Waals surface area contributed by atoms with Crippen molar-refractivity contribution in [3.8, 4) is 17.6 Å². The lowest BCUT2D eigenvalue weighted by atomic mass is 10.2. The van der Waals surface area contributed by atoms with Gasteiger partial charge in [-0.2, -0.15) is 23.1 Å². The molecule has 1 heterocycles. The molecular weight excluding hydrogens is 459 g/mol. The van der Waals surface area contributed by atoms with Crippen LogP contribution in [0.1, 0.15) is 18.2 Å². The Morgan fingerprint density at radius 3 is 2.14 bits per heavy atom. The molecule has 0 saturated heterocycles. The standard InChI is InChI=1S/C14H7Cl2F6N3O2S/c1-2-27-12-11(28(26)14(20,21)22)9(5-23)24-25(12)10-7(15)3-6(4-8(10)16)13(17,18)19/h3-4H,2H2,1H3. The zero-order valence-corrected chi connectivity index (χ0v) is 15.8. The van der Waals surface area contributed by atoms with Crippen molar-refractivity contribution in [1.82, 2.24) is 9.78 Å². The van der Waals surface area contributed by atoms with Crippen molar-refractivity contribution >= 4 is 34.4 Å². The van der Waals surface area contributed by atoms with Crippen molar-refractivity contribution in [1.29, 1.82) is 5.26 Å². The number of nitriles is 1.